The number of allylic oxidation sites excluding steroid dienone is 10. The lowest BCUT2D eigenvalue weighted by Gasteiger charge is -2.18. The van der Waals surface area contributed by atoms with Crippen LogP contribution in [0.25, 0.3) is 0 Å². The van der Waals surface area contributed by atoms with Crippen LogP contribution in [0.3, 0.4) is 0 Å². The molecule has 0 amide bonds. The lowest BCUT2D eigenvalue weighted by Crippen LogP contribution is -2.30. The number of hydrogen-bond donors (Lipinski definition) is 0. The van der Waals surface area contributed by atoms with Gasteiger partial charge in [0.05, 0.1) is 0 Å². The van der Waals surface area contributed by atoms with E-state index in [-0.39, 0.29) is 31.1 Å². The molecule has 74 heavy (non-hydrogen) atoms. The highest BCUT2D eigenvalue weighted by atomic mass is 16.6. The predicted molar refractivity (Wildman–Crippen MR) is 321 cm³/mol. The molecule has 6 nitrogen and oxygen atoms in total. The van der Waals surface area contributed by atoms with E-state index in [9.17, 15) is 14.4 Å². The van der Waals surface area contributed by atoms with E-state index in [0.717, 1.165) is 64.2 Å². The van der Waals surface area contributed by atoms with Crippen molar-refractivity contribution >= 4 is 17.9 Å². The zero-order valence-electron chi connectivity index (χ0n) is 49.4. The Balaban J connectivity index is 4.38. The van der Waals surface area contributed by atoms with E-state index < -0.39 is 6.10 Å². The van der Waals surface area contributed by atoms with E-state index in [4.69, 9.17) is 14.2 Å². The number of rotatable bonds is 59. The van der Waals surface area contributed by atoms with Gasteiger partial charge in [-0.2, -0.15) is 0 Å². The smallest absolute Gasteiger partial charge is 0.306 e. The fraction of sp³-hybridized carbons (Fsp3) is 0.809. The zero-order valence-corrected chi connectivity index (χ0v) is 49.4. The van der Waals surface area contributed by atoms with Crippen LogP contribution in [0.4, 0.5) is 0 Å². The van der Waals surface area contributed by atoms with E-state index in [1.54, 1.807) is 0 Å². The molecule has 0 rings (SSSR count). The maximum absolute atomic E-state index is 12.9. The van der Waals surface area contributed by atoms with Gasteiger partial charge in [0.2, 0.25) is 0 Å². The second-order valence-corrected chi connectivity index (χ2v) is 21.7. The van der Waals surface area contributed by atoms with Crippen LogP contribution in [0.1, 0.15) is 335 Å². The normalized spacial score (nSPS) is 12.4. The molecule has 6 heteroatoms. The molecule has 0 aliphatic heterocycles. The molecule has 0 saturated heterocycles. The lowest BCUT2D eigenvalue weighted by molar-refractivity contribution is -0.167. The minimum atomic E-state index is -0.782. The molecule has 0 spiro atoms. The SMILES string of the molecule is CCCCC/C=C\C=C/CCCCCCCCCCCCC(=O)OCC(COC(=O)CCCCCCC/C=C\CCCCCCCCCCC)OC(=O)CCCCCCCCCCCC/C=C\C=C/CCCCC. The Morgan fingerprint density at radius 1 is 0.270 bits per heavy atom. The average Bonchev–Trinajstić information content (AvgIpc) is 3.40. The van der Waals surface area contributed by atoms with E-state index in [0.29, 0.717) is 19.3 Å². The Morgan fingerprint density at radius 2 is 0.486 bits per heavy atom. The molecule has 0 aliphatic rings. The van der Waals surface area contributed by atoms with Crippen molar-refractivity contribution < 1.29 is 28.6 Å². The van der Waals surface area contributed by atoms with Crippen LogP contribution in [0.2, 0.25) is 0 Å². The largest absolute Gasteiger partial charge is 0.462 e. The minimum Gasteiger partial charge on any atom is -0.462 e. The summed E-state index contributed by atoms with van der Waals surface area (Å²) in [7, 11) is 0. The van der Waals surface area contributed by atoms with Gasteiger partial charge in [0, 0.05) is 19.3 Å². The molecule has 0 fully saturated rings. The highest BCUT2D eigenvalue weighted by Crippen LogP contribution is 2.17. The quantitative estimate of drug-likeness (QED) is 0.0199. The summed E-state index contributed by atoms with van der Waals surface area (Å²) in [5.41, 5.74) is 0. The maximum Gasteiger partial charge on any atom is 0.306 e. The van der Waals surface area contributed by atoms with E-state index in [1.165, 1.54) is 231 Å². The molecule has 0 saturated carbocycles. The Morgan fingerprint density at radius 3 is 0.784 bits per heavy atom. The highest BCUT2D eigenvalue weighted by molar-refractivity contribution is 5.71. The van der Waals surface area contributed by atoms with Gasteiger partial charge in [0.25, 0.3) is 0 Å². The lowest BCUT2D eigenvalue weighted by atomic mass is 10.1. The topological polar surface area (TPSA) is 78.9 Å². The summed E-state index contributed by atoms with van der Waals surface area (Å²) in [4.78, 5) is 38.4. The van der Waals surface area contributed by atoms with Crippen LogP contribution < -0.4 is 0 Å². The summed E-state index contributed by atoms with van der Waals surface area (Å²) in [5.74, 6) is -0.875. The molecule has 0 aromatic heterocycles. The van der Waals surface area contributed by atoms with Gasteiger partial charge in [-0.15, -0.1) is 0 Å². The molecule has 1 atom stereocenters. The van der Waals surface area contributed by atoms with Crippen LogP contribution in [0.15, 0.2) is 60.8 Å². The van der Waals surface area contributed by atoms with Gasteiger partial charge in [-0.05, 0) is 96.3 Å². The van der Waals surface area contributed by atoms with Gasteiger partial charge in [0.1, 0.15) is 13.2 Å². The Bertz CT molecular complexity index is 1330. The van der Waals surface area contributed by atoms with E-state index in [1.807, 2.05) is 0 Å². The second kappa shape index (κ2) is 62.6. The first-order chi connectivity index (χ1) is 36.5. The summed E-state index contributed by atoms with van der Waals surface area (Å²) in [6, 6.07) is 0. The first kappa shape index (κ1) is 71.1. The van der Waals surface area contributed by atoms with Crippen molar-refractivity contribution in [2.45, 2.75) is 341 Å². The number of esters is 3. The van der Waals surface area contributed by atoms with E-state index >= 15 is 0 Å². The van der Waals surface area contributed by atoms with Crippen molar-refractivity contribution in [3.63, 3.8) is 0 Å². The van der Waals surface area contributed by atoms with Crippen LogP contribution in [0.5, 0.6) is 0 Å². The first-order valence-corrected chi connectivity index (χ1v) is 32.3. The molecule has 0 heterocycles. The van der Waals surface area contributed by atoms with Gasteiger partial charge in [-0.3, -0.25) is 14.4 Å². The summed E-state index contributed by atoms with van der Waals surface area (Å²) < 4.78 is 16.9. The number of ether oxygens (including phenoxy) is 3. The molecule has 0 aliphatic carbocycles. The van der Waals surface area contributed by atoms with Crippen LogP contribution in [-0.4, -0.2) is 37.2 Å². The van der Waals surface area contributed by atoms with Crippen LogP contribution in [0, 0.1) is 0 Å². The van der Waals surface area contributed by atoms with Gasteiger partial charge < -0.3 is 14.2 Å². The standard InChI is InChI=1S/C68H122O6/c1-4-7-10-13-16-19-22-25-28-31-34-37-40-43-46-49-52-55-58-61-67(70)73-64-65(63-72-66(69)60-57-54-51-48-45-42-39-36-33-30-27-24-21-18-15-12-9-6-3)74-68(71)62-59-56-53-50-47-44-41-38-35-32-29-26-23-20-17-14-11-8-5-2/h16-17,19-20,22-23,25-26,36,39,65H,4-15,18,21,24,27-35,37-38,40-64H2,1-3H3/b19-16-,20-17-,25-22-,26-23-,39-36-. The van der Waals surface area contributed by atoms with Crippen molar-refractivity contribution in [1.29, 1.82) is 0 Å². The predicted octanol–water partition coefficient (Wildman–Crippen LogP) is 21.9. The Hall–Kier alpha value is -2.89. The molecule has 0 aromatic rings. The van der Waals surface area contributed by atoms with Crippen molar-refractivity contribution in [2.24, 2.45) is 0 Å². The fourth-order valence-corrected chi connectivity index (χ4v) is 9.36. The van der Waals surface area contributed by atoms with Crippen LogP contribution >= 0.6 is 0 Å². The Labute approximate surface area is 460 Å². The average molecular weight is 1040 g/mol. The first-order valence-electron chi connectivity index (χ1n) is 32.3. The number of carbonyl (C=O) groups is 3. The minimum absolute atomic E-state index is 0.0782. The third-order valence-electron chi connectivity index (χ3n) is 14.3. The summed E-state index contributed by atoms with van der Waals surface area (Å²) >= 11 is 0. The molecule has 0 N–H and O–H groups in total. The third-order valence-corrected chi connectivity index (χ3v) is 14.3. The van der Waals surface area contributed by atoms with Gasteiger partial charge in [-0.1, -0.05) is 281 Å². The van der Waals surface area contributed by atoms with Crippen molar-refractivity contribution in [2.75, 3.05) is 13.2 Å². The van der Waals surface area contributed by atoms with Gasteiger partial charge >= 0.3 is 17.9 Å². The molecule has 1 unspecified atom stereocenters. The summed E-state index contributed by atoms with van der Waals surface area (Å²) in [6.45, 7) is 6.62. The number of hydrogen-bond acceptors (Lipinski definition) is 6. The van der Waals surface area contributed by atoms with Gasteiger partial charge in [0.15, 0.2) is 6.10 Å². The monoisotopic (exact) mass is 1030 g/mol. The zero-order chi connectivity index (χ0) is 53.6. The van der Waals surface area contributed by atoms with Crippen molar-refractivity contribution in [3.05, 3.63) is 60.8 Å². The van der Waals surface area contributed by atoms with Crippen molar-refractivity contribution in [3.8, 4) is 0 Å². The Kier molecular flexibility index (Phi) is 60.2. The van der Waals surface area contributed by atoms with Crippen LogP contribution in [-0.2, 0) is 28.6 Å². The summed E-state index contributed by atoms with van der Waals surface area (Å²) in [6.07, 6.45) is 79.3. The molecule has 0 aromatic carbocycles. The number of carbonyl (C=O) groups excluding carboxylic acids is 3. The highest BCUT2D eigenvalue weighted by Gasteiger charge is 2.19. The molecule has 430 valence electrons. The number of unbranched alkanes of at least 4 members (excludes halogenated alkanes) is 40. The summed E-state index contributed by atoms with van der Waals surface area (Å²) in [5, 5.41) is 0. The second-order valence-electron chi connectivity index (χ2n) is 21.7. The molecular formula is C68H122O6. The third kappa shape index (κ3) is 60.0. The fourth-order valence-electron chi connectivity index (χ4n) is 9.36. The molecule has 0 radical (unpaired) electrons. The maximum atomic E-state index is 12.9. The molecular weight excluding hydrogens is 913 g/mol. The van der Waals surface area contributed by atoms with Gasteiger partial charge in [-0.25, -0.2) is 0 Å². The molecule has 0 bridgehead atoms. The van der Waals surface area contributed by atoms with Crippen molar-refractivity contribution in [1.82, 2.24) is 0 Å². The van der Waals surface area contributed by atoms with E-state index in [2.05, 4.69) is 81.5 Å².